The van der Waals surface area contributed by atoms with Gasteiger partial charge in [-0.1, -0.05) is 19.1 Å². The van der Waals surface area contributed by atoms with Crippen molar-refractivity contribution in [2.24, 2.45) is 17.8 Å². The lowest BCUT2D eigenvalue weighted by Crippen LogP contribution is -2.35. The first-order valence-electron chi connectivity index (χ1n) is 8.53. The maximum atomic E-state index is 12.4. The van der Waals surface area contributed by atoms with Gasteiger partial charge in [-0.25, -0.2) is 0 Å². The first kappa shape index (κ1) is 16.7. The molecule has 3 rings (SSSR count). The third-order valence-corrected chi connectivity index (χ3v) is 5.65. The van der Waals surface area contributed by atoms with Crippen LogP contribution in [0.5, 0.6) is 5.75 Å². The topological polar surface area (TPSA) is 72.7 Å². The minimum absolute atomic E-state index is 0.0145. The Morgan fingerprint density at radius 2 is 2.21 bits per heavy atom. The van der Waals surface area contributed by atoms with Crippen LogP contribution in [0.15, 0.2) is 24.3 Å². The quantitative estimate of drug-likeness (QED) is 0.592. The fraction of sp³-hybridized carbons (Fsp3) is 0.611. The molecular weight excluding hydrogens is 308 g/mol. The van der Waals surface area contributed by atoms with E-state index in [2.05, 4.69) is 6.92 Å². The molecule has 2 fully saturated rings. The van der Waals surface area contributed by atoms with Crippen molar-refractivity contribution in [2.45, 2.75) is 32.2 Å². The number of hydrogen-bond donors (Lipinski definition) is 0. The van der Waals surface area contributed by atoms with Crippen LogP contribution in [-0.2, 0) is 11.2 Å². The molecular formula is C18H24N2O4. The molecule has 0 radical (unpaired) electrons. The summed E-state index contributed by atoms with van der Waals surface area (Å²) in [6, 6.07) is 8.05. The smallest absolute Gasteiger partial charge is 0.223 e. The van der Waals surface area contributed by atoms with Gasteiger partial charge < -0.3 is 9.64 Å². The Kier molecular flexibility index (Phi) is 4.73. The lowest BCUT2D eigenvalue weighted by molar-refractivity contribution is -0.490. The van der Waals surface area contributed by atoms with E-state index in [9.17, 15) is 14.9 Å². The zero-order valence-corrected chi connectivity index (χ0v) is 14.2. The lowest BCUT2D eigenvalue weighted by atomic mass is 9.89. The second-order valence-electron chi connectivity index (χ2n) is 7.02. The van der Waals surface area contributed by atoms with Crippen molar-refractivity contribution in [2.75, 3.05) is 20.2 Å². The number of amides is 1. The molecule has 6 heteroatoms. The van der Waals surface area contributed by atoms with E-state index in [-0.39, 0.29) is 35.3 Å². The Bertz CT molecular complexity index is 633. The molecule has 1 aliphatic carbocycles. The SMILES string of the molecule is COc1cccc(CCN2C(=O)C[C@@H]3C2C[C@H](C)[C@H]3C[N+](=O)[O-])c1. The highest BCUT2D eigenvalue weighted by Gasteiger charge is 2.51. The van der Waals surface area contributed by atoms with Crippen LogP contribution in [0.3, 0.4) is 0 Å². The monoisotopic (exact) mass is 332 g/mol. The molecule has 1 aliphatic heterocycles. The van der Waals surface area contributed by atoms with Crippen LogP contribution in [0.4, 0.5) is 0 Å². The van der Waals surface area contributed by atoms with Gasteiger partial charge in [0.1, 0.15) is 5.75 Å². The van der Waals surface area contributed by atoms with Gasteiger partial charge in [-0.15, -0.1) is 0 Å². The maximum Gasteiger partial charge on any atom is 0.223 e. The number of carbonyl (C=O) groups excluding carboxylic acids is 1. The summed E-state index contributed by atoms with van der Waals surface area (Å²) in [6.45, 7) is 2.74. The fourth-order valence-corrected chi connectivity index (χ4v) is 4.44. The molecule has 0 N–H and O–H groups in total. The predicted octanol–water partition coefficient (Wildman–Crippen LogP) is 2.39. The Balaban J connectivity index is 1.66. The predicted molar refractivity (Wildman–Crippen MR) is 89.4 cm³/mol. The number of nitrogens with zero attached hydrogens (tertiary/aromatic N) is 2. The van der Waals surface area contributed by atoms with Crippen molar-refractivity contribution in [3.05, 3.63) is 39.9 Å². The van der Waals surface area contributed by atoms with E-state index < -0.39 is 0 Å². The normalized spacial score (nSPS) is 28.9. The summed E-state index contributed by atoms with van der Waals surface area (Å²) in [6.07, 6.45) is 2.12. The molecule has 1 unspecified atom stereocenters. The van der Waals surface area contributed by atoms with Crippen molar-refractivity contribution in [1.82, 2.24) is 4.90 Å². The van der Waals surface area contributed by atoms with Gasteiger partial charge in [0.2, 0.25) is 12.5 Å². The molecule has 1 aromatic rings. The summed E-state index contributed by atoms with van der Waals surface area (Å²) in [7, 11) is 1.64. The average Bonchev–Trinajstić information content (AvgIpc) is 3.00. The number of benzene rings is 1. The second-order valence-corrected chi connectivity index (χ2v) is 7.02. The van der Waals surface area contributed by atoms with Gasteiger partial charge in [0.05, 0.1) is 7.11 Å². The van der Waals surface area contributed by atoms with Crippen LogP contribution in [-0.4, -0.2) is 42.0 Å². The van der Waals surface area contributed by atoms with Gasteiger partial charge in [-0.2, -0.15) is 0 Å². The highest BCUT2D eigenvalue weighted by atomic mass is 16.6. The summed E-state index contributed by atoms with van der Waals surface area (Å²) in [5, 5.41) is 10.9. The summed E-state index contributed by atoms with van der Waals surface area (Å²) < 4.78 is 5.24. The van der Waals surface area contributed by atoms with Crippen molar-refractivity contribution < 1.29 is 14.5 Å². The number of carbonyl (C=O) groups is 1. The van der Waals surface area contributed by atoms with Crippen molar-refractivity contribution in [1.29, 1.82) is 0 Å². The third-order valence-electron chi connectivity index (χ3n) is 5.65. The minimum atomic E-state index is -0.229. The van der Waals surface area contributed by atoms with Gasteiger partial charge in [-0.3, -0.25) is 14.9 Å². The molecule has 0 spiro atoms. The summed E-state index contributed by atoms with van der Waals surface area (Å²) >= 11 is 0. The van der Waals surface area contributed by atoms with Crippen LogP contribution in [0, 0.1) is 27.9 Å². The molecule has 2 aliphatic rings. The van der Waals surface area contributed by atoms with E-state index in [4.69, 9.17) is 4.74 Å². The van der Waals surface area contributed by atoms with Crippen LogP contribution in [0.2, 0.25) is 0 Å². The van der Waals surface area contributed by atoms with Crippen LogP contribution < -0.4 is 4.74 Å². The Labute approximate surface area is 141 Å². The summed E-state index contributed by atoms with van der Waals surface area (Å²) in [5.74, 6) is 1.43. The maximum absolute atomic E-state index is 12.4. The molecule has 4 atom stereocenters. The molecule has 1 saturated carbocycles. The molecule has 0 aromatic heterocycles. The van der Waals surface area contributed by atoms with E-state index in [1.165, 1.54) is 0 Å². The van der Waals surface area contributed by atoms with Crippen LogP contribution in [0.1, 0.15) is 25.3 Å². The number of fused-ring (bicyclic) bond motifs is 1. The van der Waals surface area contributed by atoms with Gasteiger partial charge >= 0.3 is 0 Å². The largest absolute Gasteiger partial charge is 0.497 e. The number of hydrogen-bond acceptors (Lipinski definition) is 4. The van der Waals surface area contributed by atoms with E-state index in [1.54, 1.807) is 7.11 Å². The van der Waals surface area contributed by atoms with Crippen molar-refractivity contribution in [3.63, 3.8) is 0 Å². The summed E-state index contributed by atoms with van der Waals surface area (Å²) in [4.78, 5) is 25.1. The molecule has 0 bridgehead atoms. The van der Waals surface area contributed by atoms with E-state index in [0.29, 0.717) is 18.9 Å². The highest BCUT2D eigenvalue weighted by Crippen LogP contribution is 2.46. The lowest BCUT2D eigenvalue weighted by Gasteiger charge is -2.24. The molecule has 1 amide bonds. The summed E-state index contributed by atoms with van der Waals surface area (Å²) in [5.41, 5.74) is 1.14. The number of ether oxygens (including phenoxy) is 1. The number of nitro groups is 1. The van der Waals surface area contributed by atoms with E-state index in [1.807, 2.05) is 29.2 Å². The number of methoxy groups -OCH3 is 1. The molecule has 1 heterocycles. The van der Waals surface area contributed by atoms with Crippen LogP contribution in [0.25, 0.3) is 0 Å². The van der Waals surface area contributed by atoms with Gasteiger partial charge in [0.25, 0.3) is 0 Å². The molecule has 6 nitrogen and oxygen atoms in total. The van der Waals surface area contributed by atoms with E-state index >= 15 is 0 Å². The van der Waals surface area contributed by atoms with Crippen LogP contribution >= 0.6 is 0 Å². The zero-order valence-electron chi connectivity index (χ0n) is 14.2. The molecule has 24 heavy (non-hydrogen) atoms. The average molecular weight is 332 g/mol. The Hall–Kier alpha value is -2.11. The highest BCUT2D eigenvalue weighted by molar-refractivity contribution is 5.79. The second kappa shape index (κ2) is 6.79. The van der Waals surface area contributed by atoms with Crippen molar-refractivity contribution >= 4 is 5.91 Å². The Morgan fingerprint density at radius 1 is 1.42 bits per heavy atom. The standard InChI is InChI=1S/C18H24N2O4/c1-12-8-17-15(16(12)11-20(22)23)10-18(21)19(17)7-6-13-4-3-5-14(9-13)24-2/h3-5,9,12,15-17H,6-8,10-11H2,1-2H3/t12-,15-,16+,17?/m0/s1. The minimum Gasteiger partial charge on any atom is -0.497 e. The third kappa shape index (κ3) is 3.23. The molecule has 1 aromatic carbocycles. The Morgan fingerprint density at radius 3 is 2.92 bits per heavy atom. The van der Waals surface area contributed by atoms with Crippen molar-refractivity contribution in [3.8, 4) is 5.75 Å². The fourth-order valence-electron chi connectivity index (χ4n) is 4.44. The molecule has 130 valence electrons. The first-order valence-corrected chi connectivity index (χ1v) is 8.53. The van der Waals surface area contributed by atoms with Gasteiger partial charge in [0, 0.05) is 29.8 Å². The van der Waals surface area contributed by atoms with Gasteiger partial charge in [0.15, 0.2) is 0 Å². The first-order chi connectivity index (χ1) is 11.5. The number of likely N-dealkylation sites (tertiary alicyclic amines) is 1. The zero-order chi connectivity index (χ0) is 17.3. The number of rotatable bonds is 6. The van der Waals surface area contributed by atoms with E-state index in [0.717, 1.165) is 24.2 Å². The molecule has 1 saturated heterocycles. The van der Waals surface area contributed by atoms with Gasteiger partial charge in [-0.05, 0) is 42.4 Å².